The van der Waals surface area contributed by atoms with Gasteiger partial charge in [-0.25, -0.2) is 0 Å². The molecule has 1 aromatic carbocycles. The van der Waals surface area contributed by atoms with Crippen LogP contribution in [0.4, 0.5) is 0 Å². The van der Waals surface area contributed by atoms with Gasteiger partial charge in [-0.3, -0.25) is 0 Å². The van der Waals surface area contributed by atoms with Gasteiger partial charge in [0.05, 0.1) is 6.61 Å². The molecule has 1 aromatic rings. The maximum atomic E-state index is 6.23. The maximum Gasteiger partial charge on any atom is 0.119 e. The minimum atomic E-state index is 0.216. The molecule has 17 heavy (non-hydrogen) atoms. The number of hydrogen-bond acceptors (Lipinski definition) is 2. The third-order valence-electron chi connectivity index (χ3n) is 3.69. The molecule has 1 aliphatic rings. The number of benzene rings is 1. The van der Waals surface area contributed by atoms with E-state index in [2.05, 4.69) is 19.1 Å². The summed E-state index contributed by atoms with van der Waals surface area (Å²) in [6, 6.07) is 8.54. The van der Waals surface area contributed by atoms with Crippen LogP contribution in [0.3, 0.4) is 0 Å². The highest BCUT2D eigenvalue weighted by Gasteiger charge is 2.25. The average Bonchev–Trinajstić information content (AvgIpc) is 2.28. The van der Waals surface area contributed by atoms with Gasteiger partial charge in [-0.2, -0.15) is 0 Å². The molecule has 1 atom stereocenters. The van der Waals surface area contributed by atoms with Crippen molar-refractivity contribution in [1.82, 2.24) is 0 Å². The zero-order valence-electron chi connectivity index (χ0n) is 10.7. The van der Waals surface area contributed by atoms with Crippen LogP contribution < -0.4 is 10.5 Å². The van der Waals surface area contributed by atoms with Gasteiger partial charge in [0, 0.05) is 6.04 Å². The Morgan fingerprint density at radius 2 is 2.00 bits per heavy atom. The lowest BCUT2D eigenvalue weighted by molar-refractivity contribution is 0.264. The van der Waals surface area contributed by atoms with Gasteiger partial charge in [0.15, 0.2) is 0 Å². The summed E-state index contributed by atoms with van der Waals surface area (Å²) < 4.78 is 5.64. The van der Waals surface area contributed by atoms with E-state index in [-0.39, 0.29) is 6.04 Å². The van der Waals surface area contributed by atoms with E-state index in [9.17, 15) is 0 Å². The van der Waals surface area contributed by atoms with Gasteiger partial charge in [-0.15, -0.1) is 0 Å². The van der Waals surface area contributed by atoms with Crippen LogP contribution in [0, 0.1) is 5.92 Å². The van der Waals surface area contributed by atoms with Crippen LogP contribution in [0.1, 0.15) is 50.6 Å². The Morgan fingerprint density at radius 3 is 2.53 bits per heavy atom. The van der Waals surface area contributed by atoms with Crippen LogP contribution in [0.25, 0.3) is 0 Å². The van der Waals surface area contributed by atoms with E-state index in [1.165, 1.54) is 31.2 Å². The van der Waals surface area contributed by atoms with Crippen LogP contribution in [0.15, 0.2) is 24.3 Å². The molecule has 2 N–H and O–H groups in total. The lowest BCUT2D eigenvalue weighted by Crippen LogP contribution is -2.26. The molecule has 1 saturated carbocycles. The van der Waals surface area contributed by atoms with Crippen molar-refractivity contribution < 1.29 is 4.74 Å². The molecule has 1 unspecified atom stereocenters. The molecule has 94 valence electrons. The summed E-state index contributed by atoms with van der Waals surface area (Å²) in [7, 11) is 0. The van der Waals surface area contributed by atoms with Gasteiger partial charge in [-0.05, 0) is 42.9 Å². The zero-order chi connectivity index (χ0) is 12.1. The first-order chi connectivity index (χ1) is 8.31. The Labute approximate surface area is 104 Å². The lowest BCUT2D eigenvalue weighted by Gasteiger charge is -2.31. The Hall–Kier alpha value is -1.02. The second-order valence-electron chi connectivity index (χ2n) is 4.99. The average molecular weight is 233 g/mol. The topological polar surface area (TPSA) is 35.2 Å². The summed E-state index contributed by atoms with van der Waals surface area (Å²) in [5.41, 5.74) is 7.48. The Bertz CT molecular complexity index is 329. The first-order valence-corrected chi connectivity index (χ1v) is 6.79. The van der Waals surface area contributed by atoms with Crippen molar-refractivity contribution >= 4 is 0 Å². The van der Waals surface area contributed by atoms with Crippen LogP contribution in [0.2, 0.25) is 0 Å². The van der Waals surface area contributed by atoms with Crippen molar-refractivity contribution in [2.24, 2.45) is 11.7 Å². The Kier molecular flexibility index (Phi) is 4.43. The molecule has 0 radical (unpaired) electrons. The molecule has 2 nitrogen and oxygen atoms in total. The van der Waals surface area contributed by atoms with Crippen molar-refractivity contribution in [2.45, 2.75) is 45.1 Å². The number of ether oxygens (including phenoxy) is 1. The van der Waals surface area contributed by atoms with Gasteiger partial charge >= 0.3 is 0 Å². The smallest absolute Gasteiger partial charge is 0.119 e. The largest absolute Gasteiger partial charge is 0.494 e. The molecule has 0 amide bonds. The predicted molar refractivity (Wildman–Crippen MR) is 71.1 cm³/mol. The number of unbranched alkanes of at least 4 members (excludes halogenated alkanes) is 1. The normalized spacial score (nSPS) is 17.5. The van der Waals surface area contributed by atoms with Crippen molar-refractivity contribution in [1.29, 1.82) is 0 Å². The fourth-order valence-electron chi connectivity index (χ4n) is 2.19. The summed E-state index contributed by atoms with van der Waals surface area (Å²) >= 11 is 0. The molecule has 0 heterocycles. The predicted octanol–water partition coefficient (Wildman–Crippen LogP) is 3.67. The SMILES string of the molecule is CCCCOc1ccc(C(N)C2CCC2)cc1. The van der Waals surface area contributed by atoms with Crippen LogP contribution in [-0.2, 0) is 0 Å². The third-order valence-corrected chi connectivity index (χ3v) is 3.69. The second kappa shape index (κ2) is 6.06. The van der Waals surface area contributed by atoms with Gasteiger partial charge < -0.3 is 10.5 Å². The fraction of sp³-hybridized carbons (Fsp3) is 0.600. The summed E-state index contributed by atoms with van der Waals surface area (Å²) in [4.78, 5) is 0. The van der Waals surface area contributed by atoms with E-state index in [0.29, 0.717) is 5.92 Å². The van der Waals surface area contributed by atoms with Gasteiger partial charge in [-0.1, -0.05) is 31.9 Å². The highest BCUT2D eigenvalue weighted by Crippen LogP contribution is 2.36. The van der Waals surface area contributed by atoms with E-state index >= 15 is 0 Å². The Balaban J connectivity index is 1.88. The van der Waals surface area contributed by atoms with Gasteiger partial charge in [0.25, 0.3) is 0 Å². The third kappa shape index (κ3) is 3.22. The van der Waals surface area contributed by atoms with Crippen LogP contribution in [0.5, 0.6) is 5.75 Å². The number of nitrogens with two attached hydrogens (primary N) is 1. The molecule has 1 fully saturated rings. The fourth-order valence-corrected chi connectivity index (χ4v) is 2.19. The van der Waals surface area contributed by atoms with E-state index in [0.717, 1.165) is 18.8 Å². The minimum absolute atomic E-state index is 0.216. The zero-order valence-corrected chi connectivity index (χ0v) is 10.7. The first kappa shape index (κ1) is 12.4. The van der Waals surface area contributed by atoms with E-state index in [1.54, 1.807) is 0 Å². The maximum absolute atomic E-state index is 6.23. The van der Waals surface area contributed by atoms with E-state index in [1.807, 2.05) is 12.1 Å². The Morgan fingerprint density at radius 1 is 1.29 bits per heavy atom. The molecule has 0 aromatic heterocycles. The molecule has 2 heteroatoms. The number of rotatable bonds is 6. The van der Waals surface area contributed by atoms with Crippen molar-refractivity contribution in [3.8, 4) is 5.75 Å². The molecule has 1 aliphatic carbocycles. The highest BCUT2D eigenvalue weighted by atomic mass is 16.5. The van der Waals surface area contributed by atoms with E-state index < -0.39 is 0 Å². The van der Waals surface area contributed by atoms with Crippen LogP contribution in [-0.4, -0.2) is 6.61 Å². The number of hydrogen-bond donors (Lipinski definition) is 1. The quantitative estimate of drug-likeness (QED) is 0.761. The summed E-state index contributed by atoms with van der Waals surface area (Å²) in [6.45, 7) is 2.98. The molecule has 0 spiro atoms. The van der Waals surface area contributed by atoms with Crippen LogP contribution >= 0.6 is 0 Å². The van der Waals surface area contributed by atoms with Crippen molar-refractivity contribution in [3.05, 3.63) is 29.8 Å². The molecule has 0 bridgehead atoms. The molecule has 0 aliphatic heterocycles. The van der Waals surface area contributed by atoms with Crippen molar-refractivity contribution in [3.63, 3.8) is 0 Å². The standard InChI is InChI=1S/C15H23NO/c1-2-3-11-17-14-9-7-13(8-10-14)15(16)12-5-4-6-12/h7-10,12,15H,2-6,11,16H2,1H3. The first-order valence-electron chi connectivity index (χ1n) is 6.79. The lowest BCUT2D eigenvalue weighted by atomic mass is 9.78. The summed E-state index contributed by atoms with van der Waals surface area (Å²) in [6.07, 6.45) is 6.20. The minimum Gasteiger partial charge on any atom is -0.494 e. The van der Waals surface area contributed by atoms with Gasteiger partial charge in [0.1, 0.15) is 5.75 Å². The monoisotopic (exact) mass is 233 g/mol. The molecular weight excluding hydrogens is 210 g/mol. The molecule has 0 saturated heterocycles. The summed E-state index contributed by atoms with van der Waals surface area (Å²) in [5.74, 6) is 1.66. The molecular formula is C15H23NO. The second-order valence-corrected chi connectivity index (χ2v) is 4.99. The van der Waals surface area contributed by atoms with Crippen molar-refractivity contribution in [2.75, 3.05) is 6.61 Å². The van der Waals surface area contributed by atoms with E-state index in [4.69, 9.17) is 10.5 Å². The van der Waals surface area contributed by atoms with Gasteiger partial charge in [0.2, 0.25) is 0 Å². The summed E-state index contributed by atoms with van der Waals surface area (Å²) in [5, 5.41) is 0. The highest BCUT2D eigenvalue weighted by molar-refractivity contribution is 5.29. The molecule has 2 rings (SSSR count).